The van der Waals surface area contributed by atoms with Gasteiger partial charge in [-0.1, -0.05) is 69.0 Å². The van der Waals surface area contributed by atoms with Crippen molar-refractivity contribution in [1.82, 2.24) is 14.8 Å². The van der Waals surface area contributed by atoms with Gasteiger partial charge in [0.15, 0.2) is 11.5 Å². The fourth-order valence-corrected chi connectivity index (χ4v) is 7.81. The molecule has 0 unspecified atom stereocenters. The van der Waals surface area contributed by atoms with Crippen molar-refractivity contribution in [3.63, 3.8) is 0 Å². The van der Waals surface area contributed by atoms with E-state index in [0.29, 0.717) is 18.4 Å². The normalized spacial score (nSPS) is 12.2. The Hall–Kier alpha value is -5.38. The van der Waals surface area contributed by atoms with Crippen molar-refractivity contribution < 1.29 is 13.9 Å². The van der Waals surface area contributed by atoms with Crippen LogP contribution in [-0.2, 0) is 6.54 Å². The molecule has 0 spiro atoms. The first-order valence-corrected chi connectivity index (χ1v) is 19.4. The van der Waals surface area contributed by atoms with Crippen molar-refractivity contribution in [2.45, 2.75) is 32.2 Å². The van der Waals surface area contributed by atoms with Crippen molar-refractivity contribution in [3.05, 3.63) is 142 Å². The van der Waals surface area contributed by atoms with Gasteiger partial charge < -0.3 is 23.4 Å². The maximum atomic E-state index is 6.16. The quantitative estimate of drug-likeness (QED) is 0.121. The van der Waals surface area contributed by atoms with Gasteiger partial charge in [-0.25, -0.2) is 0 Å². The molecule has 1 aliphatic rings. The third kappa shape index (κ3) is 6.71. The van der Waals surface area contributed by atoms with Crippen molar-refractivity contribution in [2.24, 2.45) is 0 Å². The molecule has 0 radical (unpaired) electrons. The van der Waals surface area contributed by atoms with Crippen LogP contribution in [-0.4, -0.2) is 21.4 Å². The molecule has 0 amide bonds. The highest BCUT2D eigenvalue weighted by Crippen LogP contribution is 2.50. The number of rotatable bonds is 11. The van der Waals surface area contributed by atoms with Gasteiger partial charge in [0.25, 0.3) is 0 Å². The zero-order valence-electron chi connectivity index (χ0n) is 28.7. The van der Waals surface area contributed by atoms with Crippen molar-refractivity contribution >= 4 is 70.7 Å². The summed E-state index contributed by atoms with van der Waals surface area (Å²) in [6.07, 6.45) is 4.39. The standard InChI is InChI=1S/C44H34Br2N4O3/c45-31-17-23-37-35(27-31)36-28-32(46)18-24-38(36)49(37)25-7-1-2-8-26-51-34-21-15-30(16-22-34)44-48-47-43(53-44)29-13-19-33(20-14-29)50-39-9-3-5-11-41(39)52-42-12-6-4-10-40(42)50/h3-6,9-24,27-28H,1-2,7-8,25-26H2. The fraction of sp³-hybridized carbons (Fsp3) is 0.136. The lowest BCUT2D eigenvalue weighted by molar-refractivity contribution is 0.304. The van der Waals surface area contributed by atoms with E-state index in [9.17, 15) is 0 Å². The van der Waals surface area contributed by atoms with Crippen LogP contribution in [0.3, 0.4) is 0 Å². The Morgan fingerprint density at radius 1 is 0.566 bits per heavy atom. The van der Waals surface area contributed by atoms with Gasteiger partial charge in [-0.15, -0.1) is 10.2 Å². The van der Waals surface area contributed by atoms with Gasteiger partial charge in [-0.3, -0.25) is 0 Å². The molecule has 9 heteroatoms. The Morgan fingerprint density at radius 2 is 1.11 bits per heavy atom. The van der Waals surface area contributed by atoms with Crippen LogP contribution < -0.4 is 14.4 Å². The van der Waals surface area contributed by atoms with Gasteiger partial charge in [-0.2, -0.15) is 0 Å². The molecule has 0 aliphatic carbocycles. The Morgan fingerprint density at radius 3 is 1.72 bits per heavy atom. The molecule has 7 nitrogen and oxygen atoms in total. The number of unbranched alkanes of at least 4 members (excludes halogenated alkanes) is 3. The molecule has 0 saturated carbocycles. The minimum absolute atomic E-state index is 0.467. The van der Waals surface area contributed by atoms with E-state index in [4.69, 9.17) is 13.9 Å². The SMILES string of the molecule is Brc1ccc2c(c1)c1cc(Br)ccc1n2CCCCCCOc1ccc(-c2nnc(-c3ccc(N4c5ccccc5Oc5ccccc54)cc3)o2)cc1. The molecule has 9 rings (SSSR count). The van der Waals surface area contributed by atoms with E-state index in [1.807, 2.05) is 72.8 Å². The minimum atomic E-state index is 0.467. The molecule has 262 valence electrons. The number of anilines is 3. The van der Waals surface area contributed by atoms with Crippen LogP contribution in [0.1, 0.15) is 25.7 Å². The van der Waals surface area contributed by atoms with Gasteiger partial charge in [0.05, 0.1) is 18.0 Å². The van der Waals surface area contributed by atoms with Gasteiger partial charge >= 0.3 is 0 Å². The highest BCUT2D eigenvalue weighted by atomic mass is 79.9. The number of hydrogen-bond donors (Lipinski definition) is 0. The topological polar surface area (TPSA) is 65.5 Å². The second kappa shape index (κ2) is 14.6. The molecular formula is C44H34Br2N4O3. The molecule has 2 aromatic heterocycles. The smallest absolute Gasteiger partial charge is 0.248 e. The zero-order chi connectivity index (χ0) is 35.7. The fourth-order valence-electron chi connectivity index (χ4n) is 7.09. The Labute approximate surface area is 324 Å². The lowest BCUT2D eigenvalue weighted by atomic mass is 10.1. The molecular weight excluding hydrogens is 792 g/mol. The van der Waals surface area contributed by atoms with Gasteiger partial charge in [0.2, 0.25) is 11.8 Å². The molecule has 8 aromatic rings. The van der Waals surface area contributed by atoms with Crippen LogP contribution in [0.5, 0.6) is 17.2 Å². The Balaban J connectivity index is 0.782. The lowest BCUT2D eigenvalue weighted by Gasteiger charge is -2.32. The Bertz CT molecular complexity index is 2460. The summed E-state index contributed by atoms with van der Waals surface area (Å²) in [7, 11) is 0. The summed E-state index contributed by atoms with van der Waals surface area (Å²) in [5, 5.41) is 11.2. The second-order valence-electron chi connectivity index (χ2n) is 13.1. The molecule has 0 fully saturated rings. The lowest BCUT2D eigenvalue weighted by Crippen LogP contribution is -2.15. The molecule has 1 aliphatic heterocycles. The number of aryl methyl sites for hydroxylation is 1. The van der Waals surface area contributed by atoms with Crippen LogP contribution in [0.2, 0.25) is 0 Å². The molecule has 0 saturated heterocycles. The Kier molecular flexibility index (Phi) is 9.19. The van der Waals surface area contributed by atoms with Crippen LogP contribution in [0, 0.1) is 0 Å². The predicted octanol–water partition coefficient (Wildman–Crippen LogP) is 13.3. The number of para-hydroxylation sites is 4. The van der Waals surface area contributed by atoms with E-state index in [-0.39, 0.29) is 0 Å². The number of nitrogens with zero attached hydrogens (tertiary/aromatic N) is 4. The number of hydrogen-bond acceptors (Lipinski definition) is 6. The first-order chi connectivity index (χ1) is 26.1. The third-order valence-electron chi connectivity index (χ3n) is 9.66. The van der Waals surface area contributed by atoms with E-state index in [2.05, 4.69) is 112 Å². The summed E-state index contributed by atoms with van der Waals surface area (Å²) in [5.74, 6) is 3.40. The monoisotopic (exact) mass is 824 g/mol. The first-order valence-electron chi connectivity index (χ1n) is 17.8. The number of ether oxygens (including phenoxy) is 2. The van der Waals surface area contributed by atoms with Crippen molar-refractivity contribution in [2.75, 3.05) is 11.5 Å². The van der Waals surface area contributed by atoms with E-state index in [1.165, 1.54) is 21.8 Å². The number of benzene rings is 6. The zero-order valence-corrected chi connectivity index (χ0v) is 31.9. The van der Waals surface area contributed by atoms with Crippen LogP contribution in [0.15, 0.2) is 147 Å². The van der Waals surface area contributed by atoms with E-state index >= 15 is 0 Å². The predicted molar refractivity (Wildman–Crippen MR) is 219 cm³/mol. The maximum absolute atomic E-state index is 6.16. The third-order valence-corrected chi connectivity index (χ3v) is 10.7. The van der Waals surface area contributed by atoms with Crippen LogP contribution in [0.25, 0.3) is 44.7 Å². The number of fused-ring (bicyclic) bond motifs is 5. The molecule has 3 heterocycles. The number of halogens is 2. The molecule has 0 bridgehead atoms. The highest BCUT2D eigenvalue weighted by molar-refractivity contribution is 9.10. The van der Waals surface area contributed by atoms with E-state index in [1.54, 1.807) is 0 Å². The van der Waals surface area contributed by atoms with E-state index < -0.39 is 0 Å². The summed E-state index contributed by atoms with van der Waals surface area (Å²) >= 11 is 7.29. The summed E-state index contributed by atoms with van der Waals surface area (Å²) in [5.41, 5.74) is 7.23. The summed E-state index contributed by atoms with van der Waals surface area (Å²) in [4.78, 5) is 2.20. The second-order valence-corrected chi connectivity index (χ2v) is 14.9. The van der Waals surface area contributed by atoms with Crippen molar-refractivity contribution in [3.8, 4) is 40.2 Å². The summed E-state index contributed by atoms with van der Waals surface area (Å²) in [6, 6.07) is 45.2. The van der Waals surface area contributed by atoms with Gasteiger partial charge in [0, 0.05) is 54.1 Å². The van der Waals surface area contributed by atoms with Crippen LogP contribution >= 0.6 is 31.9 Å². The average molecular weight is 827 g/mol. The maximum Gasteiger partial charge on any atom is 0.248 e. The molecule has 0 atom stereocenters. The van der Waals surface area contributed by atoms with Gasteiger partial charge in [0.1, 0.15) is 5.75 Å². The molecule has 53 heavy (non-hydrogen) atoms. The van der Waals surface area contributed by atoms with E-state index in [0.717, 1.165) is 86.6 Å². The average Bonchev–Trinajstić information content (AvgIpc) is 3.80. The van der Waals surface area contributed by atoms with Crippen LogP contribution in [0.4, 0.5) is 17.1 Å². The minimum Gasteiger partial charge on any atom is -0.494 e. The highest BCUT2D eigenvalue weighted by Gasteiger charge is 2.25. The molecule has 6 aromatic carbocycles. The molecule has 0 N–H and O–H groups in total. The summed E-state index contributed by atoms with van der Waals surface area (Å²) < 4.78 is 23.0. The van der Waals surface area contributed by atoms with Gasteiger partial charge in [-0.05, 0) is 122 Å². The number of aromatic nitrogens is 3. The van der Waals surface area contributed by atoms with Crippen molar-refractivity contribution in [1.29, 1.82) is 0 Å². The largest absolute Gasteiger partial charge is 0.494 e. The first kappa shape index (κ1) is 33.5. The summed E-state index contributed by atoms with van der Waals surface area (Å²) in [6.45, 7) is 1.67.